The Morgan fingerprint density at radius 1 is 1.29 bits per heavy atom. The van der Waals surface area contributed by atoms with E-state index in [9.17, 15) is 0 Å². The van der Waals surface area contributed by atoms with Gasteiger partial charge in [-0.05, 0) is 32.9 Å². The van der Waals surface area contributed by atoms with Gasteiger partial charge in [0.2, 0.25) is 0 Å². The van der Waals surface area contributed by atoms with Crippen LogP contribution in [0, 0.1) is 0 Å². The van der Waals surface area contributed by atoms with Crippen LogP contribution in [0.15, 0.2) is 4.99 Å². The zero-order valence-corrected chi connectivity index (χ0v) is 11.6. The lowest BCUT2D eigenvalue weighted by atomic mass is 9.94. The molecular weight excluding hydrogens is 212 g/mol. The third kappa shape index (κ3) is 5.39. The fourth-order valence-electron chi connectivity index (χ4n) is 2.52. The summed E-state index contributed by atoms with van der Waals surface area (Å²) in [5.74, 6) is 0.880. The van der Waals surface area contributed by atoms with E-state index in [0.29, 0.717) is 0 Å². The molecule has 0 bridgehead atoms. The van der Waals surface area contributed by atoms with Gasteiger partial charge in [-0.3, -0.25) is 4.99 Å². The Labute approximate surface area is 106 Å². The Morgan fingerprint density at radius 2 is 2.00 bits per heavy atom. The Balaban J connectivity index is 2.09. The quantitative estimate of drug-likeness (QED) is 0.434. The SMILES string of the molecule is CN=C(NC)NCCCN(C)C1CCCCC1. The minimum Gasteiger partial charge on any atom is -0.359 e. The maximum absolute atomic E-state index is 4.09. The van der Waals surface area contributed by atoms with Crippen molar-refractivity contribution in [3.05, 3.63) is 0 Å². The van der Waals surface area contributed by atoms with Crippen molar-refractivity contribution in [1.29, 1.82) is 0 Å². The second-order valence-corrected chi connectivity index (χ2v) is 4.87. The van der Waals surface area contributed by atoms with Crippen molar-refractivity contribution in [3.8, 4) is 0 Å². The van der Waals surface area contributed by atoms with Gasteiger partial charge in [0, 0.05) is 26.7 Å². The summed E-state index contributed by atoms with van der Waals surface area (Å²) in [5, 5.41) is 6.32. The van der Waals surface area contributed by atoms with Crippen LogP contribution in [0.4, 0.5) is 0 Å². The summed E-state index contributed by atoms with van der Waals surface area (Å²) >= 11 is 0. The van der Waals surface area contributed by atoms with Gasteiger partial charge in [0.15, 0.2) is 5.96 Å². The van der Waals surface area contributed by atoms with Crippen molar-refractivity contribution >= 4 is 5.96 Å². The number of guanidine groups is 1. The summed E-state index contributed by atoms with van der Waals surface area (Å²) in [6.45, 7) is 2.17. The maximum atomic E-state index is 4.09. The standard InChI is InChI=1S/C13H28N4/c1-14-13(15-2)16-10-7-11-17(3)12-8-5-4-6-9-12/h12H,4-11H2,1-3H3,(H2,14,15,16). The van der Waals surface area contributed by atoms with Crippen LogP contribution in [-0.2, 0) is 0 Å². The van der Waals surface area contributed by atoms with Crippen LogP contribution in [0.1, 0.15) is 38.5 Å². The molecule has 0 spiro atoms. The number of hydrogen-bond acceptors (Lipinski definition) is 2. The van der Waals surface area contributed by atoms with Crippen molar-refractivity contribution in [2.75, 3.05) is 34.2 Å². The molecule has 100 valence electrons. The van der Waals surface area contributed by atoms with E-state index in [1.54, 1.807) is 7.05 Å². The predicted molar refractivity (Wildman–Crippen MR) is 74.5 cm³/mol. The summed E-state index contributed by atoms with van der Waals surface area (Å²) in [5.41, 5.74) is 0. The Kier molecular flexibility index (Phi) is 7.01. The first kappa shape index (κ1) is 14.3. The smallest absolute Gasteiger partial charge is 0.190 e. The molecule has 0 aromatic carbocycles. The molecule has 0 radical (unpaired) electrons. The van der Waals surface area contributed by atoms with Crippen molar-refractivity contribution in [2.24, 2.45) is 4.99 Å². The fourth-order valence-corrected chi connectivity index (χ4v) is 2.52. The molecular formula is C13H28N4. The minimum absolute atomic E-state index is 0.826. The van der Waals surface area contributed by atoms with E-state index in [0.717, 1.165) is 18.5 Å². The van der Waals surface area contributed by atoms with E-state index < -0.39 is 0 Å². The van der Waals surface area contributed by atoms with E-state index in [-0.39, 0.29) is 0 Å². The average molecular weight is 240 g/mol. The lowest BCUT2D eigenvalue weighted by Gasteiger charge is -2.31. The number of nitrogens with zero attached hydrogens (tertiary/aromatic N) is 2. The Bertz CT molecular complexity index is 221. The number of hydrogen-bond donors (Lipinski definition) is 2. The average Bonchev–Trinajstić information content (AvgIpc) is 2.40. The van der Waals surface area contributed by atoms with Crippen molar-refractivity contribution in [2.45, 2.75) is 44.6 Å². The third-order valence-electron chi connectivity index (χ3n) is 3.64. The highest BCUT2D eigenvalue weighted by Gasteiger charge is 2.17. The molecule has 0 aromatic rings. The Morgan fingerprint density at radius 3 is 2.59 bits per heavy atom. The van der Waals surface area contributed by atoms with Gasteiger partial charge in [0.25, 0.3) is 0 Å². The lowest BCUT2D eigenvalue weighted by molar-refractivity contribution is 0.190. The van der Waals surface area contributed by atoms with Crippen LogP contribution in [0.25, 0.3) is 0 Å². The molecule has 1 saturated carbocycles. The molecule has 0 unspecified atom stereocenters. The van der Waals surface area contributed by atoms with Gasteiger partial charge < -0.3 is 15.5 Å². The number of nitrogens with one attached hydrogen (secondary N) is 2. The normalized spacial score (nSPS) is 18.5. The summed E-state index contributed by atoms with van der Waals surface area (Å²) in [4.78, 5) is 6.62. The van der Waals surface area contributed by atoms with Gasteiger partial charge in [-0.25, -0.2) is 0 Å². The van der Waals surface area contributed by atoms with Gasteiger partial charge >= 0.3 is 0 Å². The Hall–Kier alpha value is -0.770. The van der Waals surface area contributed by atoms with Crippen molar-refractivity contribution in [3.63, 3.8) is 0 Å². The number of aliphatic imine (C=N–C) groups is 1. The van der Waals surface area contributed by atoms with E-state index in [1.807, 2.05) is 7.05 Å². The topological polar surface area (TPSA) is 39.7 Å². The molecule has 0 atom stereocenters. The molecule has 0 amide bonds. The highest BCUT2D eigenvalue weighted by atomic mass is 15.2. The second kappa shape index (κ2) is 8.34. The summed E-state index contributed by atoms with van der Waals surface area (Å²) in [6, 6.07) is 0.826. The highest BCUT2D eigenvalue weighted by molar-refractivity contribution is 5.79. The molecule has 0 aromatic heterocycles. The molecule has 4 heteroatoms. The van der Waals surface area contributed by atoms with Gasteiger partial charge in [-0.2, -0.15) is 0 Å². The molecule has 4 nitrogen and oxygen atoms in total. The second-order valence-electron chi connectivity index (χ2n) is 4.87. The molecule has 2 N–H and O–H groups in total. The first-order valence-corrected chi connectivity index (χ1v) is 6.86. The molecule has 17 heavy (non-hydrogen) atoms. The van der Waals surface area contributed by atoms with Gasteiger partial charge in [0.1, 0.15) is 0 Å². The van der Waals surface area contributed by atoms with E-state index in [2.05, 4.69) is 27.6 Å². The largest absolute Gasteiger partial charge is 0.359 e. The molecule has 0 heterocycles. The first-order chi connectivity index (χ1) is 8.27. The molecule has 0 saturated heterocycles. The maximum Gasteiger partial charge on any atom is 0.190 e. The van der Waals surface area contributed by atoms with E-state index in [1.165, 1.54) is 45.1 Å². The van der Waals surface area contributed by atoms with Gasteiger partial charge in [-0.15, -0.1) is 0 Å². The van der Waals surface area contributed by atoms with Crippen LogP contribution in [0.5, 0.6) is 0 Å². The molecule has 1 rings (SSSR count). The molecule has 0 aliphatic heterocycles. The predicted octanol–water partition coefficient (Wildman–Crippen LogP) is 1.44. The third-order valence-corrected chi connectivity index (χ3v) is 3.64. The van der Waals surface area contributed by atoms with E-state index >= 15 is 0 Å². The molecule has 1 fully saturated rings. The monoisotopic (exact) mass is 240 g/mol. The van der Waals surface area contributed by atoms with Crippen LogP contribution >= 0.6 is 0 Å². The zero-order valence-electron chi connectivity index (χ0n) is 11.6. The summed E-state index contributed by atoms with van der Waals surface area (Å²) in [7, 11) is 5.96. The summed E-state index contributed by atoms with van der Waals surface area (Å²) in [6.07, 6.45) is 8.22. The summed E-state index contributed by atoms with van der Waals surface area (Å²) < 4.78 is 0. The van der Waals surface area contributed by atoms with Gasteiger partial charge in [-0.1, -0.05) is 19.3 Å². The highest BCUT2D eigenvalue weighted by Crippen LogP contribution is 2.21. The zero-order chi connectivity index (χ0) is 12.5. The fraction of sp³-hybridized carbons (Fsp3) is 0.923. The van der Waals surface area contributed by atoms with Crippen molar-refractivity contribution < 1.29 is 0 Å². The van der Waals surface area contributed by atoms with Crippen LogP contribution in [0.2, 0.25) is 0 Å². The van der Waals surface area contributed by atoms with Crippen LogP contribution in [-0.4, -0.2) is 51.1 Å². The van der Waals surface area contributed by atoms with Crippen molar-refractivity contribution in [1.82, 2.24) is 15.5 Å². The van der Waals surface area contributed by atoms with Gasteiger partial charge in [0.05, 0.1) is 0 Å². The van der Waals surface area contributed by atoms with E-state index in [4.69, 9.17) is 0 Å². The number of rotatable bonds is 5. The molecule has 1 aliphatic carbocycles. The van der Waals surface area contributed by atoms with Crippen LogP contribution in [0.3, 0.4) is 0 Å². The van der Waals surface area contributed by atoms with Crippen LogP contribution < -0.4 is 10.6 Å². The first-order valence-electron chi connectivity index (χ1n) is 6.86. The lowest BCUT2D eigenvalue weighted by Crippen LogP contribution is -2.38. The minimum atomic E-state index is 0.826. The molecule has 1 aliphatic rings.